The number of nitrogens with one attached hydrogen (secondary N) is 1. The van der Waals surface area contributed by atoms with Crippen molar-refractivity contribution in [3.05, 3.63) is 41.5 Å². The second kappa shape index (κ2) is 9.57. The standard InChI is InChI=1S/C22H28N2O6S/c1-15-8-9-17(14-20(15)31(26,27)24-10-6-5-7-11-24)23-22(25)16-12-18(28-2)21(30-4)19(13-16)29-3/h8-9,12-14H,5-7,10-11H2,1-4H3,(H,23,25). The van der Waals surface area contributed by atoms with Crippen LogP contribution in [0.25, 0.3) is 0 Å². The van der Waals surface area contributed by atoms with Crippen molar-refractivity contribution in [1.82, 2.24) is 4.31 Å². The van der Waals surface area contributed by atoms with Crippen LogP contribution in [0.5, 0.6) is 17.2 Å². The van der Waals surface area contributed by atoms with E-state index < -0.39 is 15.9 Å². The molecule has 0 aliphatic carbocycles. The Morgan fingerprint density at radius 1 is 0.935 bits per heavy atom. The smallest absolute Gasteiger partial charge is 0.255 e. The quantitative estimate of drug-likeness (QED) is 0.697. The number of aryl methyl sites for hydroxylation is 1. The highest BCUT2D eigenvalue weighted by Gasteiger charge is 2.28. The van der Waals surface area contributed by atoms with Crippen LogP contribution in [0.1, 0.15) is 35.2 Å². The van der Waals surface area contributed by atoms with Gasteiger partial charge >= 0.3 is 0 Å². The molecule has 0 bridgehead atoms. The zero-order valence-electron chi connectivity index (χ0n) is 18.2. The summed E-state index contributed by atoms with van der Waals surface area (Å²) in [6.45, 7) is 2.79. The number of carbonyl (C=O) groups is 1. The van der Waals surface area contributed by atoms with Gasteiger partial charge in [-0.05, 0) is 49.6 Å². The Hall–Kier alpha value is -2.78. The number of amides is 1. The summed E-state index contributed by atoms with van der Waals surface area (Å²) in [4.78, 5) is 13.1. The summed E-state index contributed by atoms with van der Waals surface area (Å²) in [5.41, 5.74) is 1.31. The second-order valence-electron chi connectivity index (χ2n) is 7.31. The molecule has 9 heteroatoms. The molecular formula is C22H28N2O6S. The highest BCUT2D eigenvalue weighted by Crippen LogP contribution is 2.38. The van der Waals surface area contributed by atoms with E-state index in [2.05, 4.69) is 5.32 Å². The van der Waals surface area contributed by atoms with E-state index in [1.807, 2.05) is 0 Å². The van der Waals surface area contributed by atoms with Crippen molar-refractivity contribution in [2.75, 3.05) is 39.7 Å². The number of methoxy groups -OCH3 is 3. The van der Waals surface area contributed by atoms with E-state index in [9.17, 15) is 13.2 Å². The summed E-state index contributed by atoms with van der Waals surface area (Å²) in [6.07, 6.45) is 2.75. The van der Waals surface area contributed by atoms with Gasteiger partial charge in [0.1, 0.15) is 0 Å². The van der Waals surface area contributed by atoms with Crippen LogP contribution in [-0.2, 0) is 10.0 Å². The molecule has 1 N–H and O–H groups in total. The molecule has 8 nitrogen and oxygen atoms in total. The van der Waals surface area contributed by atoms with E-state index in [0.717, 1.165) is 19.3 Å². The largest absolute Gasteiger partial charge is 0.493 e. The Bertz CT molecular complexity index is 1040. The number of sulfonamides is 1. The van der Waals surface area contributed by atoms with E-state index in [1.165, 1.54) is 43.8 Å². The molecule has 0 atom stereocenters. The molecule has 0 unspecified atom stereocenters. The van der Waals surface area contributed by atoms with E-state index in [4.69, 9.17) is 14.2 Å². The number of benzene rings is 2. The first-order valence-electron chi connectivity index (χ1n) is 10.0. The first-order chi connectivity index (χ1) is 14.8. The van der Waals surface area contributed by atoms with E-state index in [0.29, 0.717) is 41.6 Å². The van der Waals surface area contributed by atoms with Gasteiger partial charge in [-0.25, -0.2) is 8.42 Å². The highest BCUT2D eigenvalue weighted by molar-refractivity contribution is 7.89. The van der Waals surface area contributed by atoms with Gasteiger partial charge in [0.25, 0.3) is 5.91 Å². The van der Waals surface area contributed by atoms with Gasteiger partial charge in [0.15, 0.2) is 11.5 Å². The molecule has 1 saturated heterocycles. The van der Waals surface area contributed by atoms with Crippen molar-refractivity contribution in [3.63, 3.8) is 0 Å². The predicted molar refractivity (Wildman–Crippen MR) is 118 cm³/mol. The number of carbonyl (C=O) groups excluding carboxylic acids is 1. The van der Waals surface area contributed by atoms with Crippen molar-refractivity contribution >= 4 is 21.6 Å². The molecule has 0 spiro atoms. The average molecular weight is 449 g/mol. The summed E-state index contributed by atoms with van der Waals surface area (Å²) >= 11 is 0. The van der Waals surface area contributed by atoms with Gasteiger partial charge in [-0.1, -0.05) is 12.5 Å². The molecule has 2 aromatic rings. The molecule has 0 aromatic heterocycles. The lowest BCUT2D eigenvalue weighted by atomic mass is 10.1. The maximum absolute atomic E-state index is 13.1. The minimum Gasteiger partial charge on any atom is -0.493 e. The molecule has 1 amide bonds. The lowest BCUT2D eigenvalue weighted by Crippen LogP contribution is -2.36. The third kappa shape index (κ3) is 4.77. The Morgan fingerprint density at radius 2 is 1.55 bits per heavy atom. The summed E-state index contributed by atoms with van der Waals surface area (Å²) in [6, 6.07) is 7.96. The number of nitrogens with zero attached hydrogens (tertiary/aromatic N) is 1. The van der Waals surface area contributed by atoms with E-state index >= 15 is 0 Å². The third-order valence-corrected chi connectivity index (χ3v) is 7.35. The summed E-state index contributed by atoms with van der Waals surface area (Å²) in [5, 5.41) is 2.77. The van der Waals surface area contributed by atoms with Crippen molar-refractivity contribution in [1.29, 1.82) is 0 Å². The van der Waals surface area contributed by atoms with Gasteiger partial charge in [-0.2, -0.15) is 4.31 Å². The molecule has 31 heavy (non-hydrogen) atoms. The monoisotopic (exact) mass is 448 g/mol. The fourth-order valence-corrected chi connectivity index (χ4v) is 5.38. The first kappa shape index (κ1) is 22.9. The van der Waals surface area contributed by atoms with Crippen LogP contribution < -0.4 is 19.5 Å². The minimum absolute atomic E-state index is 0.206. The molecule has 1 fully saturated rings. The normalized spacial score (nSPS) is 14.7. The molecule has 168 valence electrons. The topological polar surface area (TPSA) is 94.2 Å². The molecular weight excluding hydrogens is 420 g/mol. The van der Waals surface area contributed by atoms with Crippen molar-refractivity contribution < 1.29 is 27.4 Å². The van der Waals surface area contributed by atoms with Crippen LogP contribution >= 0.6 is 0 Å². The lowest BCUT2D eigenvalue weighted by Gasteiger charge is -2.26. The average Bonchev–Trinajstić information content (AvgIpc) is 2.79. The molecule has 0 saturated carbocycles. The lowest BCUT2D eigenvalue weighted by molar-refractivity contribution is 0.102. The zero-order valence-corrected chi connectivity index (χ0v) is 19.0. The number of hydrogen-bond acceptors (Lipinski definition) is 6. The van der Waals surface area contributed by atoms with Crippen LogP contribution in [0.2, 0.25) is 0 Å². The van der Waals surface area contributed by atoms with E-state index in [1.54, 1.807) is 19.1 Å². The number of piperidine rings is 1. The fourth-order valence-electron chi connectivity index (χ4n) is 3.62. The number of hydrogen-bond donors (Lipinski definition) is 1. The van der Waals surface area contributed by atoms with E-state index in [-0.39, 0.29) is 10.5 Å². The van der Waals surface area contributed by atoms with Crippen LogP contribution in [0.3, 0.4) is 0 Å². The summed E-state index contributed by atoms with van der Waals surface area (Å²) in [5.74, 6) is 0.657. The minimum atomic E-state index is -3.62. The third-order valence-electron chi connectivity index (χ3n) is 5.31. The Morgan fingerprint density at radius 3 is 2.10 bits per heavy atom. The van der Waals surface area contributed by atoms with Gasteiger partial charge in [0.2, 0.25) is 15.8 Å². The fraction of sp³-hybridized carbons (Fsp3) is 0.409. The van der Waals surface area contributed by atoms with Gasteiger partial charge in [-0.15, -0.1) is 0 Å². The SMILES string of the molecule is COc1cc(C(=O)Nc2ccc(C)c(S(=O)(=O)N3CCCCC3)c2)cc(OC)c1OC. The van der Waals surface area contributed by atoms with Gasteiger partial charge in [0, 0.05) is 24.3 Å². The summed E-state index contributed by atoms with van der Waals surface area (Å²) < 4.78 is 43.6. The second-order valence-corrected chi connectivity index (χ2v) is 9.22. The molecule has 0 radical (unpaired) electrons. The van der Waals surface area contributed by atoms with Crippen LogP contribution in [0.4, 0.5) is 5.69 Å². The van der Waals surface area contributed by atoms with Gasteiger partial charge in [0.05, 0.1) is 26.2 Å². The molecule has 3 rings (SSSR count). The van der Waals surface area contributed by atoms with Crippen LogP contribution in [-0.4, -0.2) is 53.0 Å². The molecule has 1 heterocycles. The Kier molecular flexibility index (Phi) is 7.07. The van der Waals surface area contributed by atoms with Crippen LogP contribution in [0.15, 0.2) is 35.2 Å². The summed E-state index contributed by atoms with van der Waals surface area (Å²) in [7, 11) is 0.800. The highest BCUT2D eigenvalue weighted by atomic mass is 32.2. The van der Waals surface area contributed by atoms with Crippen molar-refractivity contribution in [2.24, 2.45) is 0 Å². The maximum Gasteiger partial charge on any atom is 0.255 e. The molecule has 1 aliphatic heterocycles. The van der Waals surface area contributed by atoms with Gasteiger partial charge < -0.3 is 19.5 Å². The Labute approximate surface area is 183 Å². The molecule has 2 aromatic carbocycles. The van der Waals surface area contributed by atoms with Gasteiger partial charge in [-0.3, -0.25) is 4.79 Å². The Balaban J connectivity index is 1.90. The number of anilines is 1. The van der Waals surface area contributed by atoms with Crippen molar-refractivity contribution in [3.8, 4) is 17.2 Å². The van der Waals surface area contributed by atoms with Crippen LogP contribution in [0, 0.1) is 6.92 Å². The predicted octanol–water partition coefficient (Wildman–Crippen LogP) is 3.45. The number of rotatable bonds is 7. The van der Waals surface area contributed by atoms with Crippen molar-refractivity contribution in [2.45, 2.75) is 31.1 Å². The zero-order chi connectivity index (χ0) is 22.6. The number of ether oxygens (including phenoxy) is 3. The maximum atomic E-state index is 13.1. The molecule has 1 aliphatic rings. The first-order valence-corrected chi connectivity index (χ1v) is 11.5.